The fourth-order valence-corrected chi connectivity index (χ4v) is 0.272. The Hall–Kier alpha value is -1.03. The van der Waals surface area contributed by atoms with Gasteiger partial charge in [0.15, 0.2) is 0 Å². The summed E-state index contributed by atoms with van der Waals surface area (Å²) in [6.07, 6.45) is 1.68. The van der Waals surface area contributed by atoms with Crippen LogP contribution in [-0.4, -0.2) is 10.2 Å². The second kappa shape index (κ2) is 2.20. The van der Waals surface area contributed by atoms with Gasteiger partial charge in [0.1, 0.15) is 5.82 Å². The Morgan fingerprint density at radius 1 is 1.71 bits per heavy atom. The Bertz CT molecular complexity index is 110. The van der Waals surface area contributed by atoms with E-state index in [1.807, 2.05) is 0 Å². The van der Waals surface area contributed by atoms with Crippen molar-refractivity contribution < 1.29 is 0 Å². The van der Waals surface area contributed by atoms with E-state index in [0.29, 0.717) is 5.82 Å². The van der Waals surface area contributed by atoms with Gasteiger partial charge in [-0.15, -0.1) is 0 Å². The molecule has 4 heteroatoms. The van der Waals surface area contributed by atoms with Crippen molar-refractivity contribution >= 4 is 5.82 Å². The smallest absolute Gasteiger partial charge is 0.145 e. The molecule has 0 unspecified atom stereocenters. The largest absolute Gasteiger partial charge is 0.382 e. The third-order valence-electron chi connectivity index (χ3n) is 0.522. The summed E-state index contributed by atoms with van der Waals surface area (Å²) in [6.45, 7) is 0. The summed E-state index contributed by atoms with van der Waals surface area (Å²) < 4.78 is 0. The van der Waals surface area contributed by atoms with Crippen LogP contribution in [0.15, 0.2) is 12.3 Å². The number of aromatic amines is 1. The molecule has 6 N–H and O–H groups in total. The maximum Gasteiger partial charge on any atom is 0.145 e. The summed E-state index contributed by atoms with van der Waals surface area (Å²) in [5.74, 6) is 0.537. The number of nitrogen functional groups attached to an aromatic ring is 1. The maximum absolute atomic E-state index is 5.14. The van der Waals surface area contributed by atoms with Crippen molar-refractivity contribution in [3.8, 4) is 0 Å². The van der Waals surface area contributed by atoms with Gasteiger partial charge < -0.3 is 11.9 Å². The Labute approximate surface area is 41.3 Å². The Balaban J connectivity index is 0.000000360. The van der Waals surface area contributed by atoms with E-state index in [9.17, 15) is 0 Å². The first-order chi connectivity index (χ1) is 2.89. The highest BCUT2D eigenvalue weighted by Gasteiger charge is 1.75. The van der Waals surface area contributed by atoms with Crippen LogP contribution in [0, 0.1) is 0 Å². The van der Waals surface area contributed by atoms with Crippen molar-refractivity contribution in [2.24, 2.45) is 0 Å². The number of nitrogens with two attached hydrogens (primary N) is 1. The van der Waals surface area contributed by atoms with Gasteiger partial charge in [-0.1, -0.05) is 0 Å². The predicted octanol–water partition coefficient (Wildman–Crippen LogP) is 0.154. The van der Waals surface area contributed by atoms with Crippen LogP contribution in [-0.2, 0) is 0 Å². The van der Waals surface area contributed by atoms with Gasteiger partial charge in [-0.3, -0.25) is 5.10 Å². The monoisotopic (exact) mass is 100 g/mol. The number of hydrogen-bond acceptors (Lipinski definition) is 3. The average molecular weight is 100 g/mol. The molecule has 0 fully saturated rings. The zero-order chi connectivity index (χ0) is 4.41. The fraction of sp³-hybridized carbons (Fsp3) is 0. The normalized spacial score (nSPS) is 7.43. The Kier molecular flexibility index (Phi) is 1.87. The van der Waals surface area contributed by atoms with Crippen LogP contribution < -0.4 is 11.9 Å². The highest BCUT2D eigenvalue weighted by Crippen LogP contribution is 1.86. The molecule has 0 aromatic carbocycles. The lowest BCUT2D eigenvalue weighted by Crippen LogP contribution is -1.81. The van der Waals surface area contributed by atoms with E-state index in [1.54, 1.807) is 12.3 Å². The molecule has 1 heterocycles. The summed E-state index contributed by atoms with van der Waals surface area (Å²) in [4.78, 5) is 0. The molecular weight excluding hydrogens is 92.1 g/mol. The molecular formula is C3H8N4. The summed E-state index contributed by atoms with van der Waals surface area (Å²) in [5.41, 5.74) is 5.14. The van der Waals surface area contributed by atoms with Gasteiger partial charge >= 0.3 is 0 Å². The summed E-state index contributed by atoms with van der Waals surface area (Å²) in [6, 6.07) is 1.69. The molecule has 40 valence electrons. The number of aromatic nitrogens is 2. The predicted molar refractivity (Wildman–Crippen MR) is 28.0 cm³/mol. The molecule has 0 aliphatic carbocycles. The van der Waals surface area contributed by atoms with Crippen molar-refractivity contribution in [2.45, 2.75) is 0 Å². The zero-order valence-electron chi connectivity index (χ0n) is 3.89. The van der Waals surface area contributed by atoms with Crippen molar-refractivity contribution in [1.82, 2.24) is 16.3 Å². The SMILES string of the molecule is N.Nc1cc[nH]n1. The zero-order valence-corrected chi connectivity index (χ0v) is 3.89. The quantitative estimate of drug-likeness (QED) is 0.433. The standard InChI is InChI=1S/C3H5N3.H3N/c4-3-1-2-5-6-3;/h1-2H,(H3,4,5,6);1H3. The third kappa shape index (κ3) is 1.23. The number of hydrogen-bond donors (Lipinski definition) is 3. The van der Waals surface area contributed by atoms with Crippen LogP contribution >= 0.6 is 0 Å². The van der Waals surface area contributed by atoms with Crippen LogP contribution in [0.25, 0.3) is 0 Å². The van der Waals surface area contributed by atoms with E-state index in [0.717, 1.165) is 0 Å². The second-order valence-corrected chi connectivity index (χ2v) is 0.999. The molecule has 1 rings (SSSR count). The molecule has 1 aromatic heterocycles. The summed E-state index contributed by atoms with van der Waals surface area (Å²) in [7, 11) is 0. The molecule has 0 atom stereocenters. The average Bonchev–Trinajstić information content (AvgIpc) is 1.86. The van der Waals surface area contributed by atoms with E-state index in [-0.39, 0.29) is 6.15 Å². The minimum Gasteiger partial charge on any atom is -0.382 e. The molecule has 0 aliphatic heterocycles. The molecule has 0 amide bonds. The molecule has 7 heavy (non-hydrogen) atoms. The highest BCUT2D eigenvalue weighted by molar-refractivity contribution is 5.22. The fourth-order valence-electron chi connectivity index (χ4n) is 0.272. The lowest BCUT2D eigenvalue weighted by atomic mass is 10.7. The van der Waals surface area contributed by atoms with Crippen molar-refractivity contribution in [2.75, 3.05) is 5.73 Å². The van der Waals surface area contributed by atoms with Gasteiger partial charge in [0.2, 0.25) is 0 Å². The van der Waals surface area contributed by atoms with Crippen molar-refractivity contribution in [1.29, 1.82) is 0 Å². The van der Waals surface area contributed by atoms with Crippen LogP contribution in [0.5, 0.6) is 0 Å². The number of nitrogens with one attached hydrogen (secondary N) is 1. The third-order valence-corrected chi connectivity index (χ3v) is 0.522. The first kappa shape index (κ1) is 5.97. The molecule has 0 radical (unpaired) electrons. The van der Waals surface area contributed by atoms with Gasteiger partial charge in [0.25, 0.3) is 0 Å². The Morgan fingerprint density at radius 2 is 2.43 bits per heavy atom. The van der Waals surface area contributed by atoms with Crippen LogP contribution in [0.1, 0.15) is 0 Å². The lowest BCUT2D eigenvalue weighted by molar-refractivity contribution is 1.10. The highest BCUT2D eigenvalue weighted by atomic mass is 15.1. The maximum atomic E-state index is 5.14. The number of rotatable bonds is 0. The molecule has 0 spiro atoms. The summed E-state index contributed by atoms with van der Waals surface area (Å²) >= 11 is 0. The van der Waals surface area contributed by atoms with Gasteiger partial charge in [0.05, 0.1) is 0 Å². The molecule has 0 saturated heterocycles. The molecule has 0 bridgehead atoms. The first-order valence-electron chi connectivity index (χ1n) is 1.65. The van der Waals surface area contributed by atoms with Crippen molar-refractivity contribution in [3.05, 3.63) is 12.3 Å². The second-order valence-electron chi connectivity index (χ2n) is 0.999. The molecule has 0 aliphatic rings. The lowest BCUT2D eigenvalue weighted by Gasteiger charge is -1.67. The molecule has 4 nitrogen and oxygen atoms in total. The molecule has 1 aromatic rings. The minimum absolute atomic E-state index is 0. The minimum atomic E-state index is 0. The summed E-state index contributed by atoms with van der Waals surface area (Å²) in [5, 5.41) is 6.12. The van der Waals surface area contributed by atoms with E-state index in [4.69, 9.17) is 5.73 Å². The van der Waals surface area contributed by atoms with Gasteiger partial charge in [-0.2, -0.15) is 5.10 Å². The van der Waals surface area contributed by atoms with Crippen molar-refractivity contribution in [3.63, 3.8) is 0 Å². The van der Waals surface area contributed by atoms with E-state index in [1.165, 1.54) is 0 Å². The van der Waals surface area contributed by atoms with Gasteiger partial charge in [0, 0.05) is 6.20 Å². The van der Waals surface area contributed by atoms with Crippen LogP contribution in [0.2, 0.25) is 0 Å². The topological polar surface area (TPSA) is 89.7 Å². The van der Waals surface area contributed by atoms with Gasteiger partial charge in [-0.05, 0) is 6.07 Å². The first-order valence-corrected chi connectivity index (χ1v) is 1.65. The van der Waals surface area contributed by atoms with Crippen LogP contribution in [0.4, 0.5) is 5.82 Å². The number of nitrogens with zero attached hydrogens (tertiary/aromatic N) is 1. The number of H-pyrrole nitrogens is 1. The number of anilines is 1. The van der Waals surface area contributed by atoms with E-state index in [2.05, 4.69) is 10.2 Å². The van der Waals surface area contributed by atoms with Crippen LogP contribution in [0.3, 0.4) is 0 Å². The van der Waals surface area contributed by atoms with E-state index < -0.39 is 0 Å². The molecule has 0 saturated carbocycles. The van der Waals surface area contributed by atoms with E-state index >= 15 is 0 Å². The van der Waals surface area contributed by atoms with Gasteiger partial charge in [-0.25, -0.2) is 0 Å². The Morgan fingerprint density at radius 3 is 2.57 bits per heavy atom.